The van der Waals surface area contributed by atoms with Crippen LogP contribution in [-0.4, -0.2) is 96.7 Å². The van der Waals surface area contributed by atoms with E-state index in [4.69, 9.17) is 37.0 Å². The van der Waals surface area contributed by atoms with E-state index in [9.17, 15) is 43.2 Å². The standard InChI is InChI=1S/C80H156O17P2/c1-7-10-12-14-16-18-20-22-24-25-26-27-29-35-39-47-53-59-65-80(85)96-75(68-90-77(82)62-56-50-44-37-33-31-30-32-36-42-48-54-60-72(4)5)70-94-98(86,87)92-66-74(81)67-93-99(88,89)95-71-76(69-91-78(83)63-57-51-45-41-40-43-49-55-61-73(6)9-3)97-79(84)64-58-52-46-38-34-28-23-21-19-17-15-13-11-8-2/h72-76,81H,7-71H2,1-6H3,(H,86,87)(H,88,89)/t73?,74-,75-,76-/m1/s1. The van der Waals surface area contributed by atoms with Crippen molar-refractivity contribution < 1.29 is 80.2 Å². The minimum atomic E-state index is -4.96. The first kappa shape index (κ1) is 97.1. The molecule has 0 aromatic carbocycles. The number of esters is 4. The number of hydrogen-bond acceptors (Lipinski definition) is 15. The lowest BCUT2D eigenvalue weighted by Gasteiger charge is -2.21. The highest BCUT2D eigenvalue weighted by Gasteiger charge is 2.30. The van der Waals surface area contributed by atoms with Crippen LogP contribution in [0.3, 0.4) is 0 Å². The molecule has 17 nitrogen and oxygen atoms in total. The molecule has 0 fully saturated rings. The van der Waals surface area contributed by atoms with Crippen LogP contribution >= 0.6 is 15.6 Å². The summed E-state index contributed by atoms with van der Waals surface area (Å²) in [6.07, 6.45) is 60.9. The van der Waals surface area contributed by atoms with Crippen molar-refractivity contribution >= 4 is 39.5 Å². The number of phosphoric ester groups is 2. The van der Waals surface area contributed by atoms with Gasteiger partial charge in [-0.25, -0.2) is 9.13 Å². The molecule has 6 atom stereocenters. The second-order valence-corrected chi connectivity index (χ2v) is 32.4. The number of phosphoric acid groups is 2. The van der Waals surface area contributed by atoms with Gasteiger partial charge >= 0.3 is 39.5 Å². The fourth-order valence-electron chi connectivity index (χ4n) is 12.3. The Bertz CT molecular complexity index is 1910. The van der Waals surface area contributed by atoms with E-state index in [1.165, 1.54) is 238 Å². The average Bonchev–Trinajstić information content (AvgIpc) is 1.04. The van der Waals surface area contributed by atoms with E-state index in [2.05, 4.69) is 41.5 Å². The number of rotatable bonds is 79. The zero-order valence-electron chi connectivity index (χ0n) is 64.8. The summed E-state index contributed by atoms with van der Waals surface area (Å²) in [6.45, 7) is 9.65. The molecule has 3 N–H and O–H groups in total. The summed E-state index contributed by atoms with van der Waals surface area (Å²) in [5.74, 6) is -0.548. The van der Waals surface area contributed by atoms with Crippen LogP contribution in [0.1, 0.15) is 420 Å². The maximum atomic E-state index is 13.1. The molecule has 0 aromatic rings. The van der Waals surface area contributed by atoms with Crippen molar-refractivity contribution in [2.24, 2.45) is 11.8 Å². The highest BCUT2D eigenvalue weighted by atomic mass is 31.2. The number of hydrogen-bond donors (Lipinski definition) is 3. The minimum absolute atomic E-state index is 0.108. The van der Waals surface area contributed by atoms with Crippen LogP contribution in [0.25, 0.3) is 0 Å². The molecule has 0 saturated carbocycles. The highest BCUT2D eigenvalue weighted by Crippen LogP contribution is 2.45. The van der Waals surface area contributed by atoms with Crippen molar-refractivity contribution in [3.05, 3.63) is 0 Å². The fourth-order valence-corrected chi connectivity index (χ4v) is 13.9. The Morgan fingerprint density at radius 1 is 0.293 bits per heavy atom. The lowest BCUT2D eigenvalue weighted by atomic mass is 9.99. The average molecular weight is 1450 g/mol. The number of carbonyl (C=O) groups is 4. The molecule has 0 aliphatic carbocycles. The summed E-state index contributed by atoms with van der Waals surface area (Å²) in [7, 11) is -9.92. The van der Waals surface area contributed by atoms with Crippen LogP contribution < -0.4 is 0 Å². The Hall–Kier alpha value is -1.94. The second-order valence-electron chi connectivity index (χ2n) is 29.5. The fraction of sp³-hybridized carbons (Fsp3) is 0.950. The summed E-state index contributed by atoms with van der Waals surface area (Å²) in [4.78, 5) is 73.0. The van der Waals surface area contributed by atoms with Crippen molar-refractivity contribution in [1.82, 2.24) is 0 Å². The van der Waals surface area contributed by atoms with Gasteiger partial charge in [0.1, 0.15) is 19.3 Å². The van der Waals surface area contributed by atoms with Crippen molar-refractivity contribution in [3.8, 4) is 0 Å². The maximum Gasteiger partial charge on any atom is 0.472 e. The molecular weight excluding hydrogens is 1290 g/mol. The predicted octanol–water partition coefficient (Wildman–Crippen LogP) is 23.9. The minimum Gasteiger partial charge on any atom is -0.462 e. The Labute approximate surface area is 607 Å². The molecule has 0 aromatic heterocycles. The zero-order valence-corrected chi connectivity index (χ0v) is 66.6. The van der Waals surface area contributed by atoms with Gasteiger partial charge in [-0.15, -0.1) is 0 Å². The molecule has 0 heterocycles. The van der Waals surface area contributed by atoms with E-state index in [0.29, 0.717) is 25.7 Å². The molecule has 0 spiro atoms. The molecular formula is C80H156O17P2. The van der Waals surface area contributed by atoms with E-state index >= 15 is 0 Å². The van der Waals surface area contributed by atoms with Gasteiger partial charge in [0.15, 0.2) is 12.2 Å². The van der Waals surface area contributed by atoms with Gasteiger partial charge in [-0.2, -0.15) is 0 Å². The van der Waals surface area contributed by atoms with Crippen molar-refractivity contribution in [1.29, 1.82) is 0 Å². The third-order valence-electron chi connectivity index (χ3n) is 19.1. The predicted molar refractivity (Wildman–Crippen MR) is 405 cm³/mol. The molecule has 0 bridgehead atoms. The molecule has 0 rings (SSSR count). The molecule has 99 heavy (non-hydrogen) atoms. The Kier molecular flexibility index (Phi) is 70.3. The van der Waals surface area contributed by atoms with Gasteiger partial charge < -0.3 is 33.8 Å². The van der Waals surface area contributed by atoms with Gasteiger partial charge in [0.05, 0.1) is 26.4 Å². The normalized spacial score (nSPS) is 14.2. The molecule has 0 radical (unpaired) electrons. The number of unbranched alkanes of at least 4 members (excludes halogenated alkanes) is 48. The van der Waals surface area contributed by atoms with Gasteiger partial charge in [0, 0.05) is 25.7 Å². The monoisotopic (exact) mass is 1450 g/mol. The van der Waals surface area contributed by atoms with Crippen LogP contribution in [0.4, 0.5) is 0 Å². The van der Waals surface area contributed by atoms with E-state index in [0.717, 1.165) is 102 Å². The molecule has 0 aliphatic rings. The quantitative estimate of drug-likeness (QED) is 0.0222. The van der Waals surface area contributed by atoms with Crippen LogP contribution in [0.15, 0.2) is 0 Å². The first-order valence-electron chi connectivity index (χ1n) is 41.5. The largest absolute Gasteiger partial charge is 0.472 e. The van der Waals surface area contributed by atoms with E-state index in [-0.39, 0.29) is 25.7 Å². The molecule has 0 amide bonds. The Balaban J connectivity index is 5.26. The molecule has 588 valence electrons. The lowest BCUT2D eigenvalue weighted by molar-refractivity contribution is -0.161. The van der Waals surface area contributed by atoms with Gasteiger partial charge in [-0.1, -0.05) is 369 Å². The van der Waals surface area contributed by atoms with E-state index in [1.807, 2.05) is 0 Å². The van der Waals surface area contributed by atoms with Gasteiger partial charge in [0.2, 0.25) is 0 Å². The van der Waals surface area contributed by atoms with Gasteiger partial charge in [0.25, 0.3) is 0 Å². The first-order chi connectivity index (χ1) is 47.9. The molecule has 0 saturated heterocycles. The van der Waals surface area contributed by atoms with E-state index < -0.39 is 97.5 Å². The second kappa shape index (κ2) is 71.7. The zero-order chi connectivity index (χ0) is 72.8. The first-order valence-corrected chi connectivity index (χ1v) is 44.5. The Morgan fingerprint density at radius 2 is 0.515 bits per heavy atom. The highest BCUT2D eigenvalue weighted by molar-refractivity contribution is 7.47. The van der Waals surface area contributed by atoms with Crippen molar-refractivity contribution in [2.75, 3.05) is 39.6 Å². The lowest BCUT2D eigenvalue weighted by Crippen LogP contribution is -2.30. The van der Waals surface area contributed by atoms with Crippen LogP contribution in [-0.2, 0) is 65.4 Å². The van der Waals surface area contributed by atoms with Crippen molar-refractivity contribution in [2.45, 2.75) is 439 Å². The topological polar surface area (TPSA) is 237 Å². The van der Waals surface area contributed by atoms with Gasteiger partial charge in [-0.05, 0) is 37.5 Å². The summed E-state index contributed by atoms with van der Waals surface area (Å²) >= 11 is 0. The SMILES string of the molecule is CCCCCCCCCCCCCCCCCCCCC(=O)O[C@H](COC(=O)CCCCCCCCCCCCCCC(C)C)COP(=O)(O)OC[C@@H](O)COP(=O)(O)OC[C@@H](COC(=O)CCCCCCCCCCC(C)CC)OC(=O)CCCCCCCCCCCCCCCC. The Morgan fingerprint density at radius 3 is 0.768 bits per heavy atom. The van der Waals surface area contributed by atoms with Crippen LogP contribution in [0.5, 0.6) is 0 Å². The van der Waals surface area contributed by atoms with Crippen LogP contribution in [0.2, 0.25) is 0 Å². The van der Waals surface area contributed by atoms with Crippen molar-refractivity contribution in [3.63, 3.8) is 0 Å². The number of carbonyl (C=O) groups excluding carboxylic acids is 4. The van der Waals surface area contributed by atoms with E-state index in [1.54, 1.807) is 0 Å². The smallest absolute Gasteiger partial charge is 0.462 e. The summed E-state index contributed by atoms with van der Waals surface area (Å²) in [6, 6.07) is 0. The third kappa shape index (κ3) is 72.8. The number of ether oxygens (including phenoxy) is 4. The summed E-state index contributed by atoms with van der Waals surface area (Å²) in [5.41, 5.74) is 0. The third-order valence-corrected chi connectivity index (χ3v) is 21.0. The number of aliphatic hydroxyl groups is 1. The molecule has 19 heteroatoms. The van der Waals surface area contributed by atoms with Gasteiger partial charge in [-0.3, -0.25) is 37.3 Å². The molecule has 0 aliphatic heterocycles. The molecule has 3 unspecified atom stereocenters. The number of aliphatic hydroxyl groups excluding tert-OH is 1. The van der Waals surface area contributed by atoms with Crippen LogP contribution in [0, 0.1) is 11.8 Å². The maximum absolute atomic E-state index is 13.1. The summed E-state index contributed by atoms with van der Waals surface area (Å²) in [5, 5.41) is 10.6. The summed E-state index contributed by atoms with van der Waals surface area (Å²) < 4.78 is 68.7.